The van der Waals surface area contributed by atoms with Gasteiger partial charge in [-0.2, -0.15) is 0 Å². The van der Waals surface area contributed by atoms with Crippen molar-refractivity contribution in [3.8, 4) is 0 Å². The van der Waals surface area contributed by atoms with E-state index in [1.54, 1.807) is 18.2 Å². The van der Waals surface area contributed by atoms with Gasteiger partial charge in [-0.05, 0) is 12.1 Å². The summed E-state index contributed by atoms with van der Waals surface area (Å²) in [5, 5.41) is 12.0. The second-order valence-corrected chi connectivity index (χ2v) is 6.39. The minimum Gasteiger partial charge on any atom is -0.394 e. The Bertz CT molecular complexity index is 504. The third-order valence-electron chi connectivity index (χ3n) is 2.44. The van der Waals surface area contributed by atoms with Crippen molar-refractivity contribution in [3.63, 3.8) is 0 Å². The zero-order valence-electron chi connectivity index (χ0n) is 10.7. The van der Waals surface area contributed by atoms with Crippen LogP contribution in [-0.2, 0) is 21.1 Å². The van der Waals surface area contributed by atoms with Gasteiger partial charge in [0.25, 0.3) is 0 Å². The van der Waals surface area contributed by atoms with Crippen LogP contribution in [0, 0.1) is 0 Å². The van der Waals surface area contributed by atoms with Gasteiger partial charge in [-0.25, -0.2) is 8.42 Å². The van der Waals surface area contributed by atoms with Gasteiger partial charge in [-0.3, -0.25) is 0 Å². The first-order valence-corrected chi connectivity index (χ1v) is 8.10. The van der Waals surface area contributed by atoms with Crippen LogP contribution in [0.5, 0.6) is 0 Å². The van der Waals surface area contributed by atoms with Crippen molar-refractivity contribution in [2.45, 2.75) is 11.4 Å². The Kier molecular flexibility index (Phi) is 6.74. The standard InChI is InChI=1S/C12H18ClNO4S/c1-19(16,17)12-4-2-3-11(13)10(12)9-14-5-7-18-8-6-15/h2-4,14-15H,5-9H2,1H3. The molecule has 0 amide bonds. The van der Waals surface area contributed by atoms with Crippen molar-refractivity contribution in [1.82, 2.24) is 5.32 Å². The predicted molar refractivity (Wildman–Crippen MR) is 74.2 cm³/mol. The highest BCUT2D eigenvalue weighted by Crippen LogP contribution is 2.23. The SMILES string of the molecule is CS(=O)(=O)c1cccc(Cl)c1CNCCOCCO. The first-order valence-electron chi connectivity index (χ1n) is 5.83. The first kappa shape index (κ1) is 16.4. The molecule has 1 aromatic carbocycles. The number of aliphatic hydroxyl groups excluding tert-OH is 1. The molecule has 19 heavy (non-hydrogen) atoms. The van der Waals surface area contributed by atoms with Crippen LogP contribution in [-0.4, -0.2) is 46.1 Å². The van der Waals surface area contributed by atoms with E-state index in [2.05, 4.69) is 5.32 Å². The lowest BCUT2D eigenvalue weighted by Crippen LogP contribution is -2.21. The van der Waals surface area contributed by atoms with Gasteiger partial charge in [0, 0.05) is 29.9 Å². The maximum Gasteiger partial charge on any atom is 0.175 e. The lowest BCUT2D eigenvalue weighted by atomic mass is 10.2. The van der Waals surface area contributed by atoms with E-state index in [1.165, 1.54) is 0 Å². The molecule has 0 fully saturated rings. The zero-order chi connectivity index (χ0) is 14.3. The molecule has 1 rings (SSSR count). The first-order chi connectivity index (χ1) is 8.96. The summed E-state index contributed by atoms with van der Waals surface area (Å²) in [5.74, 6) is 0. The quantitative estimate of drug-likeness (QED) is 0.696. The molecule has 0 saturated heterocycles. The highest BCUT2D eigenvalue weighted by atomic mass is 35.5. The van der Waals surface area contributed by atoms with Crippen LogP contribution in [0.1, 0.15) is 5.56 Å². The average Bonchev–Trinajstić information content (AvgIpc) is 2.33. The van der Waals surface area contributed by atoms with E-state index in [4.69, 9.17) is 21.4 Å². The number of benzene rings is 1. The smallest absolute Gasteiger partial charge is 0.175 e. The molecule has 0 radical (unpaired) electrons. The molecule has 1 aromatic rings. The number of aliphatic hydroxyl groups is 1. The average molecular weight is 308 g/mol. The van der Waals surface area contributed by atoms with Crippen molar-refractivity contribution in [2.75, 3.05) is 32.6 Å². The van der Waals surface area contributed by atoms with Gasteiger partial charge in [0.15, 0.2) is 9.84 Å². The molecule has 0 heterocycles. The number of sulfone groups is 1. The summed E-state index contributed by atoms with van der Waals surface area (Å²) in [4.78, 5) is 0.240. The summed E-state index contributed by atoms with van der Waals surface area (Å²) in [6.45, 7) is 1.63. The van der Waals surface area contributed by atoms with Gasteiger partial charge in [0.1, 0.15) is 0 Å². The molecule has 0 unspecified atom stereocenters. The van der Waals surface area contributed by atoms with Crippen LogP contribution in [0.25, 0.3) is 0 Å². The highest BCUT2D eigenvalue weighted by Gasteiger charge is 2.15. The second-order valence-electron chi connectivity index (χ2n) is 4.00. The van der Waals surface area contributed by atoms with E-state index in [0.29, 0.717) is 36.9 Å². The van der Waals surface area contributed by atoms with Gasteiger partial charge < -0.3 is 15.2 Å². The van der Waals surface area contributed by atoms with Crippen LogP contribution in [0.4, 0.5) is 0 Å². The molecular weight excluding hydrogens is 290 g/mol. The van der Waals surface area contributed by atoms with Crippen molar-refractivity contribution >= 4 is 21.4 Å². The molecule has 0 aliphatic rings. The van der Waals surface area contributed by atoms with E-state index in [1.807, 2.05) is 0 Å². The molecule has 0 spiro atoms. The number of nitrogens with one attached hydrogen (secondary N) is 1. The van der Waals surface area contributed by atoms with Crippen molar-refractivity contribution in [3.05, 3.63) is 28.8 Å². The van der Waals surface area contributed by atoms with Crippen LogP contribution >= 0.6 is 11.6 Å². The van der Waals surface area contributed by atoms with E-state index >= 15 is 0 Å². The van der Waals surface area contributed by atoms with Gasteiger partial charge >= 0.3 is 0 Å². The molecule has 108 valence electrons. The van der Waals surface area contributed by atoms with Gasteiger partial charge in [0.2, 0.25) is 0 Å². The molecule has 0 aliphatic carbocycles. The highest BCUT2D eigenvalue weighted by molar-refractivity contribution is 7.90. The van der Waals surface area contributed by atoms with Crippen molar-refractivity contribution in [2.24, 2.45) is 0 Å². The van der Waals surface area contributed by atoms with Crippen molar-refractivity contribution < 1.29 is 18.3 Å². The van der Waals surface area contributed by atoms with E-state index in [9.17, 15) is 8.42 Å². The Balaban J connectivity index is 2.63. The lowest BCUT2D eigenvalue weighted by Gasteiger charge is -2.11. The molecule has 0 atom stereocenters. The van der Waals surface area contributed by atoms with Gasteiger partial charge in [-0.1, -0.05) is 17.7 Å². The molecule has 0 aliphatic heterocycles. The monoisotopic (exact) mass is 307 g/mol. The van der Waals surface area contributed by atoms with E-state index in [0.717, 1.165) is 6.26 Å². The second kappa shape index (κ2) is 7.81. The fourth-order valence-corrected chi connectivity index (χ4v) is 2.84. The molecule has 5 nitrogen and oxygen atoms in total. The number of rotatable bonds is 8. The molecule has 0 aromatic heterocycles. The van der Waals surface area contributed by atoms with Crippen LogP contribution in [0.3, 0.4) is 0 Å². The molecule has 0 saturated carbocycles. The minimum absolute atomic E-state index is 0.0112. The topological polar surface area (TPSA) is 75.6 Å². The Morgan fingerprint density at radius 3 is 2.74 bits per heavy atom. The maximum atomic E-state index is 11.6. The predicted octanol–water partition coefficient (Wildman–Crippen LogP) is 0.842. The summed E-state index contributed by atoms with van der Waals surface area (Å²) >= 11 is 6.03. The number of halogens is 1. The normalized spacial score (nSPS) is 11.7. The molecule has 0 bridgehead atoms. The Morgan fingerprint density at radius 2 is 2.11 bits per heavy atom. The fourth-order valence-electron chi connectivity index (χ4n) is 1.58. The number of hydrogen-bond donors (Lipinski definition) is 2. The van der Waals surface area contributed by atoms with E-state index < -0.39 is 9.84 Å². The summed E-state index contributed by atoms with van der Waals surface area (Å²) in [7, 11) is -3.30. The van der Waals surface area contributed by atoms with Crippen molar-refractivity contribution in [1.29, 1.82) is 0 Å². The summed E-state index contributed by atoms with van der Waals surface area (Å²) in [6, 6.07) is 4.82. The summed E-state index contributed by atoms with van der Waals surface area (Å²) in [6.07, 6.45) is 1.16. The Labute approximate surface area is 118 Å². The number of ether oxygens (including phenoxy) is 1. The Morgan fingerprint density at radius 1 is 1.37 bits per heavy atom. The summed E-state index contributed by atoms with van der Waals surface area (Å²) in [5.41, 5.74) is 0.564. The molecule has 2 N–H and O–H groups in total. The largest absolute Gasteiger partial charge is 0.394 e. The van der Waals surface area contributed by atoms with E-state index in [-0.39, 0.29) is 11.5 Å². The minimum atomic E-state index is -3.30. The number of hydrogen-bond acceptors (Lipinski definition) is 5. The van der Waals surface area contributed by atoms with Crippen LogP contribution in [0.2, 0.25) is 5.02 Å². The van der Waals surface area contributed by atoms with Gasteiger partial charge in [0.05, 0.1) is 24.7 Å². The van der Waals surface area contributed by atoms with Crippen LogP contribution in [0.15, 0.2) is 23.1 Å². The Hall–Kier alpha value is -0.660. The summed E-state index contributed by atoms with van der Waals surface area (Å²) < 4.78 is 28.4. The third-order valence-corrected chi connectivity index (χ3v) is 3.97. The lowest BCUT2D eigenvalue weighted by molar-refractivity contribution is 0.0938. The molecular formula is C12H18ClNO4S. The third kappa shape index (κ3) is 5.46. The van der Waals surface area contributed by atoms with Gasteiger partial charge in [-0.15, -0.1) is 0 Å². The fraction of sp³-hybridized carbons (Fsp3) is 0.500. The maximum absolute atomic E-state index is 11.6. The van der Waals surface area contributed by atoms with Crippen LogP contribution < -0.4 is 5.32 Å². The zero-order valence-corrected chi connectivity index (χ0v) is 12.3. The molecule has 7 heteroatoms.